The summed E-state index contributed by atoms with van der Waals surface area (Å²) >= 11 is 0. The molecule has 0 fully saturated rings. The van der Waals surface area contributed by atoms with Crippen molar-refractivity contribution in [1.82, 2.24) is 9.13 Å². The molecule has 0 aliphatic carbocycles. The third kappa shape index (κ3) is 6.13. The van der Waals surface area contributed by atoms with Crippen molar-refractivity contribution in [1.29, 1.82) is 0 Å². The third-order valence-corrected chi connectivity index (χ3v) is 12.5. The summed E-state index contributed by atoms with van der Waals surface area (Å²) in [6.07, 6.45) is 0. The molecule has 296 valence electrons. The number of anilines is 3. The molecule has 0 N–H and O–H groups in total. The molecule has 0 amide bonds. The van der Waals surface area contributed by atoms with Gasteiger partial charge in [-0.25, -0.2) is 0 Å². The first-order chi connectivity index (χ1) is 31.3. The summed E-state index contributed by atoms with van der Waals surface area (Å²) in [5, 5.41) is 4.92. The summed E-state index contributed by atoms with van der Waals surface area (Å²) in [4.78, 5) is 2.47. The van der Waals surface area contributed by atoms with Crippen LogP contribution in [0.1, 0.15) is 0 Å². The molecular weight excluding hydrogens is 763 g/mol. The maximum atomic E-state index is 2.47. The van der Waals surface area contributed by atoms with Gasteiger partial charge in [0.05, 0.1) is 27.8 Å². The van der Waals surface area contributed by atoms with E-state index in [4.69, 9.17) is 0 Å². The van der Waals surface area contributed by atoms with Gasteiger partial charge in [0, 0.05) is 49.9 Å². The first kappa shape index (κ1) is 36.5. The summed E-state index contributed by atoms with van der Waals surface area (Å²) in [6, 6.07) is 90.2. The molecule has 0 radical (unpaired) electrons. The van der Waals surface area contributed by atoms with Crippen molar-refractivity contribution < 1.29 is 0 Å². The second-order valence-electron chi connectivity index (χ2n) is 16.1. The Balaban J connectivity index is 1.13. The van der Waals surface area contributed by atoms with Crippen molar-refractivity contribution in [3.05, 3.63) is 249 Å². The van der Waals surface area contributed by atoms with Crippen LogP contribution in [0.3, 0.4) is 0 Å². The van der Waals surface area contributed by atoms with Gasteiger partial charge >= 0.3 is 0 Å². The van der Waals surface area contributed by atoms with Gasteiger partial charge in [-0.2, -0.15) is 0 Å². The predicted octanol–water partition coefficient (Wildman–Crippen LogP) is 16.4. The molecule has 0 saturated heterocycles. The molecule has 0 atom stereocenters. The van der Waals surface area contributed by atoms with Crippen LogP contribution in [0, 0.1) is 0 Å². The minimum Gasteiger partial charge on any atom is -0.310 e. The molecular formula is C60H41N3. The number of fused-ring (bicyclic) bond motifs is 6. The van der Waals surface area contributed by atoms with Gasteiger partial charge in [0.2, 0.25) is 0 Å². The molecule has 2 heterocycles. The number of aromatic nitrogens is 2. The molecule has 12 aromatic rings. The summed E-state index contributed by atoms with van der Waals surface area (Å²) in [6.45, 7) is 0. The lowest BCUT2D eigenvalue weighted by Gasteiger charge is -2.30. The number of rotatable bonds is 8. The van der Waals surface area contributed by atoms with Crippen molar-refractivity contribution >= 4 is 60.7 Å². The summed E-state index contributed by atoms with van der Waals surface area (Å²) in [5.41, 5.74) is 17.3. The lowest BCUT2D eigenvalue weighted by atomic mass is 9.87. The van der Waals surface area contributed by atoms with Gasteiger partial charge in [-0.1, -0.05) is 170 Å². The highest BCUT2D eigenvalue weighted by atomic mass is 15.1. The molecule has 3 heteroatoms. The molecule has 0 bridgehead atoms. The minimum absolute atomic E-state index is 1.06. The first-order valence-electron chi connectivity index (χ1n) is 21.6. The molecule has 0 aliphatic rings. The van der Waals surface area contributed by atoms with Gasteiger partial charge in [-0.3, -0.25) is 0 Å². The zero-order chi connectivity index (χ0) is 41.7. The number of benzene rings is 10. The molecule has 12 rings (SSSR count). The second-order valence-corrected chi connectivity index (χ2v) is 16.1. The Kier molecular flexibility index (Phi) is 8.83. The third-order valence-electron chi connectivity index (χ3n) is 12.5. The zero-order valence-electron chi connectivity index (χ0n) is 34.5. The molecule has 0 spiro atoms. The first-order valence-corrected chi connectivity index (χ1v) is 21.6. The van der Waals surface area contributed by atoms with Gasteiger partial charge in [0.1, 0.15) is 0 Å². The normalized spacial score (nSPS) is 11.5. The average molecular weight is 804 g/mol. The topological polar surface area (TPSA) is 13.1 Å². The van der Waals surface area contributed by atoms with E-state index in [-0.39, 0.29) is 0 Å². The van der Waals surface area contributed by atoms with E-state index < -0.39 is 0 Å². The van der Waals surface area contributed by atoms with Crippen LogP contribution >= 0.6 is 0 Å². The maximum Gasteiger partial charge on any atom is 0.0546 e. The fourth-order valence-electron chi connectivity index (χ4n) is 9.77. The van der Waals surface area contributed by atoms with E-state index in [9.17, 15) is 0 Å². The largest absolute Gasteiger partial charge is 0.310 e. The monoisotopic (exact) mass is 803 g/mol. The lowest BCUT2D eigenvalue weighted by Crippen LogP contribution is -2.12. The minimum atomic E-state index is 1.06. The number of hydrogen-bond donors (Lipinski definition) is 0. The van der Waals surface area contributed by atoms with E-state index in [1.54, 1.807) is 0 Å². The number of nitrogens with zero attached hydrogens (tertiary/aromatic N) is 3. The molecule has 63 heavy (non-hydrogen) atoms. The van der Waals surface area contributed by atoms with Gasteiger partial charge < -0.3 is 14.0 Å². The second kappa shape index (κ2) is 15.3. The smallest absolute Gasteiger partial charge is 0.0546 e. The highest BCUT2D eigenvalue weighted by Gasteiger charge is 2.24. The summed E-state index contributed by atoms with van der Waals surface area (Å²) in [7, 11) is 0. The summed E-state index contributed by atoms with van der Waals surface area (Å²) < 4.78 is 4.78. The van der Waals surface area contributed by atoms with E-state index in [0.29, 0.717) is 0 Å². The lowest BCUT2D eigenvalue weighted by molar-refractivity contribution is 1.17. The standard InChI is InChI=1S/C60H41N3/c1-4-19-42(20-5-1)48-25-10-11-29-53(48)60-49(43-21-6-2-7-22-43)30-18-34-59(60)61(45-35-37-46(38-36-45)63-55-31-15-12-26-50(55)51-27-13-16-32-56(51)63)47-39-40-58-54(41-47)52-28-14-17-33-57(52)62(58)44-23-8-3-9-24-44/h1-41H. The van der Waals surface area contributed by atoms with Crippen LogP contribution in [0.4, 0.5) is 17.1 Å². The van der Waals surface area contributed by atoms with Gasteiger partial charge in [0.15, 0.2) is 0 Å². The van der Waals surface area contributed by atoms with Crippen LogP contribution in [-0.4, -0.2) is 9.13 Å². The van der Waals surface area contributed by atoms with Crippen LogP contribution in [0.15, 0.2) is 249 Å². The van der Waals surface area contributed by atoms with Crippen molar-refractivity contribution in [2.45, 2.75) is 0 Å². The SMILES string of the molecule is c1ccc(-c2ccccc2-c2c(-c3ccccc3)cccc2N(c2ccc(-n3c4ccccc4c4ccccc43)cc2)c2ccc3c(c2)c2ccccc2n3-c2ccccc2)cc1. The van der Waals surface area contributed by atoms with Gasteiger partial charge in [-0.05, 0) is 107 Å². The van der Waals surface area contributed by atoms with E-state index in [1.807, 2.05) is 0 Å². The van der Waals surface area contributed by atoms with Crippen molar-refractivity contribution in [2.75, 3.05) is 4.90 Å². The number of hydrogen-bond acceptors (Lipinski definition) is 1. The summed E-state index contributed by atoms with van der Waals surface area (Å²) in [5.74, 6) is 0. The van der Waals surface area contributed by atoms with Gasteiger partial charge in [0.25, 0.3) is 0 Å². The van der Waals surface area contributed by atoms with Crippen molar-refractivity contribution in [3.63, 3.8) is 0 Å². The van der Waals surface area contributed by atoms with Crippen LogP contribution in [0.5, 0.6) is 0 Å². The number of para-hydroxylation sites is 4. The van der Waals surface area contributed by atoms with Crippen LogP contribution in [-0.2, 0) is 0 Å². The van der Waals surface area contributed by atoms with E-state index in [2.05, 4.69) is 263 Å². The van der Waals surface area contributed by atoms with Crippen LogP contribution in [0.2, 0.25) is 0 Å². The fraction of sp³-hybridized carbons (Fsp3) is 0. The van der Waals surface area contributed by atoms with Gasteiger partial charge in [-0.15, -0.1) is 0 Å². The van der Waals surface area contributed by atoms with E-state index >= 15 is 0 Å². The predicted molar refractivity (Wildman–Crippen MR) is 266 cm³/mol. The van der Waals surface area contributed by atoms with Crippen LogP contribution in [0.25, 0.3) is 88.4 Å². The molecule has 10 aromatic carbocycles. The Morgan fingerprint density at radius 1 is 0.270 bits per heavy atom. The Bertz CT molecular complexity index is 3550. The Hall–Kier alpha value is -8.40. The molecule has 0 unspecified atom stereocenters. The Morgan fingerprint density at radius 2 is 0.698 bits per heavy atom. The maximum absolute atomic E-state index is 2.47. The molecule has 3 nitrogen and oxygen atoms in total. The van der Waals surface area contributed by atoms with E-state index in [1.165, 1.54) is 77.0 Å². The zero-order valence-corrected chi connectivity index (χ0v) is 34.5. The van der Waals surface area contributed by atoms with E-state index in [0.717, 1.165) is 28.4 Å². The fourth-order valence-corrected chi connectivity index (χ4v) is 9.77. The van der Waals surface area contributed by atoms with Crippen molar-refractivity contribution in [2.24, 2.45) is 0 Å². The Morgan fingerprint density at radius 3 is 1.30 bits per heavy atom. The highest BCUT2D eigenvalue weighted by molar-refractivity contribution is 6.12. The molecule has 2 aromatic heterocycles. The van der Waals surface area contributed by atoms with Crippen molar-refractivity contribution in [3.8, 4) is 44.8 Å². The molecule has 0 saturated carbocycles. The quantitative estimate of drug-likeness (QED) is 0.149. The van der Waals surface area contributed by atoms with Crippen LogP contribution < -0.4 is 4.90 Å². The molecule has 0 aliphatic heterocycles. The highest BCUT2D eigenvalue weighted by Crippen LogP contribution is 2.49. The Labute approximate surface area is 366 Å². The average Bonchev–Trinajstić information content (AvgIpc) is 3.88.